The number of hydrogen-bond acceptors (Lipinski definition) is 3. The second kappa shape index (κ2) is 8.42. The van der Waals surface area contributed by atoms with E-state index in [1.165, 1.54) is 0 Å². The third-order valence-corrected chi connectivity index (χ3v) is 3.48. The summed E-state index contributed by atoms with van der Waals surface area (Å²) in [4.78, 5) is 23.7. The van der Waals surface area contributed by atoms with E-state index in [9.17, 15) is 9.59 Å². The van der Waals surface area contributed by atoms with Gasteiger partial charge < -0.3 is 16.4 Å². The van der Waals surface area contributed by atoms with Crippen LogP contribution in [0.2, 0.25) is 0 Å². The maximum atomic E-state index is 12.2. The topological polar surface area (TPSA) is 84.2 Å². The highest BCUT2D eigenvalue weighted by Gasteiger charge is 2.17. The Morgan fingerprint density at radius 1 is 1.19 bits per heavy atom. The molecular weight excluding hydrogens is 266 g/mol. The molecule has 1 rings (SSSR count). The molecule has 1 atom stereocenters. The van der Waals surface area contributed by atoms with Crippen LogP contribution >= 0.6 is 0 Å². The second-order valence-electron chi connectivity index (χ2n) is 5.09. The summed E-state index contributed by atoms with van der Waals surface area (Å²) in [5, 5.41) is 5.73. The predicted molar refractivity (Wildman–Crippen MR) is 86.2 cm³/mol. The Hall–Kier alpha value is -1.88. The van der Waals surface area contributed by atoms with Gasteiger partial charge >= 0.3 is 0 Å². The first-order valence-electron chi connectivity index (χ1n) is 7.43. The molecule has 0 radical (unpaired) electrons. The normalized spacial score (nSPS) is 11.8. The number of nitrogens with one attached hydrogen (secondary N) is 2. The average molecular weight is 291 g/mol. The molecule has 2 amide bonds. The molecule has 1 aromatic rings. The zero-order valence-electron chi connectivity index (χ0n) is 13.0. The zero-order valence-corrected chi connectivity index (χ0v) is 13.0. The Balaban J connectivity index is 2.86. The fourth-order valence-corrected chi connectivity index (χ4v) is 2.08. The van der Waals surface area contributed by atoms with Gasteiger partial charge in [-0.3, -0.25) is 9.59 Å². The van der Waals surface area contributed by atoms with Crippen LogP contribution in [0.3, 0.4) is 0 Å². The molecule has 0 aliphatic rings. The Bertz CT molecular complexity index is 500. The van der Waals surface area contributed by atoms with E-state index in [4.69, 9.17) is 5.73 Å². The molecule has 1 aromatic carbocycles. The molecular formula is C16H25N3O2. The summed E-state index contributed by atoms with van der Waals surface area (Å²) >= 11 is 0. The first kappa shape index (κ1) is 17.2. The highest BCUT2D eigenvalue weighted by molar-refractivity contribution is 5.96. The minimum atomic E-state index is -0.178. The third kappa shape index (κ3) is 4.86. The van der Waals surface area contributed by atoms with Crippen LogP contribution in [0.5, 0.6) is 0 Å². The van der Waals surface area contributed by atoms with E-state index in [1.807, 2.05) is 32.0 Å². The van der Waals surface area contributed by atoms with Gasteiger partial charge in [-0.05, 0) is 31.0 Å². The molecule has 0 fully saturated rings. The Labute approximate surface area is 126 Å². The van der Waals surface area contributed by atoms with E-state index in [-0.39, 0.29) is 17.7 Å². The summed E-state index contributed by atoms with van der Waals surface area (Å²) in [6.45, 7) is 6.04. The number of amides is 2. The van der Waals surface area contributed by atoms with Gasteiger partial charge in [0.1, 0.15) is 0 Å². The van der Waals surface area contributed by atoms with Crippen LogP contribution in [0.1, 0.15) is 38.7 Å². The lowest BCUT2D eigenvalue weighted by Gasteiger charge is -2.17. The minimum absolute atomic E-state index is 0.0487. The Morgan fingerprint density at radius 2 is 1.81 bits per heavy atom. The number of hydrogen-bond donors (Lipinski definition) is 3. The number of carbonyl (C=O) groups excluding carboxylic acids is 2. The standard InChI is InChI=1S/C16H25N3O2/c1-4-7-12(10-17)16(21)19-14-9-6-8-13(11(14)3)18-15(20)5-2/h6,8-9,12H,4-5,7,10,17H2,1-3H3,(H,18,20)(H,19,21). The maximum Gasteiger partial charge on any atom is 0.228 e. The van der Waals surface area contributed by atoms with Gasteiger partial charge in [0.05, 0.1) is 5.92 Å². The Morgan fingerprint density at radius 3 is 2.33 bits per heavy atom. The fraction of sp³-hybridized carbons (Fsp3) is 0.500. The van der Waals surface area contributed by atoms with Gasteiger partial charge in [0.15, 0.2) is 0 Å². The van der Waals surface area contributed by atoms with Gasteiger partial charge in [0, 0.05) is 24.3 Å². The smallest absolute Gasteiger partial charge is 0.228 e. The van der Waals surface area contributed by atoms with Crippen molar-refractivity contribution in [3.63, 3.8) is 0 Å². The van der Waals surface area contributed by atoms with Crippen LogP contribution in [0.4, 0.5) is 11.4 Å². The van der Waals surface area contributed by atoms with Crippen LogP contribution < -0.4 is 16.4 Å². The van der Waals surface area contributed by atoms with E-state index in [0.717, 1.165) is 24.1 Å². The van der Waals surface area contributed by atoms with Crippen molar-refractivity contribution in [1.82, 2.24) is 0 Å². The summed E-state index contributed by atoms with van der Waals surface area (Å²) in [5.74, 6) is -0.294. The first-order chi connectivity index (χ1) is 10.0. The number of anilines is 2. The highest BCUT2D eigenvalue weighted by atomic mass is 16.2. The summed E-state index contributed by atoms with van der Waals surface area (Å²) in [6, 6.07) is 5.46. The van der Waals surface area contributed by atoms with Crippen molar-refractivity contribution in [3.8, 4) is 0 Å². The largest absolute Gasteiger partial charge is 0.330 e. The molecule has 0 spiro atoms. The van der Waals surface area contributed by atoms with Crippen LogP contribution in [-0.4, -0.2) is 18.4 Å². The van der Waals surface area contributed by atoms with Crippen molar-refractivity contribution in [2.75, 3.05) is 17.2 Å². The molecule has 5 heteroatoms. The summed E-state index contributed by atoms with van der Waals surface area (Å²) in [5.41, 5.74) is 7.93. The summed E-state index contributed by atoms with van der Waals surface area (Å²) in [7, 11) is 0. The van der Waals surface area contributed by atoms with Crippen molar-refractivity contribution in [3.05, 3.63) is 23.8 Å². The molecule has 0 bridgehead atoms. The van der Waals surface area contributed by atoms with E-state index in [1.54, 1.807) is 6.92 Å². The lowest BCUT2D eigenvalue weighted by atomic mass is 10.0. The van der Waals surface area contributed by atoms with Crippen LogP contribution in [0.25, 0.3) is 0 Å². The van der Waals surface area contributed by atoms with Gasteiger partial charge in [0.25, 0.3) is 0 Å². The number of rotatable bonds is 7. The van der Waals surface area contributed by atoms with Crippen LogP contribution in [-0.2, 0) is 9.59 Å². The van der Waals surface area contributed by atoms with Gasteiger partial charge in [-0.15, -0.1) is 0 Å². The molecule has 0 aliphatic heterocycles. The van der Waals surface area contributed by atoms with E-state index < -0.39 is 0 Å². The van der Waals surface area contributed by atoms with E-state index in [2.05, 4.69) is 10.6 Å². The van der Waals surface area contributed by atoms with Gasteiger partial charge in [-0.2, -0.15) is 0 Å². The molecule has 0 heterocycles. The SMILES string of the molecule is CCCC(CN)C(=O)Nc1cccc(NC(=O)CC)c1C. The molecule has 21 heavy (non-hydrogen) atoms. The van der Waals surface area contributed by atoms with Crippen molar-refractivity contribution in [1.29, 1.82) is 0 Å². The van der Waals surface area contributed by atoms with Crippen LogP contribution in [0.15, 0.2) is 18.2 Å². The number of carbonyl (C=O) groups is 2. The second-order valence-corrected chi connectivity index (χ2v) is 5.09. The third-order valence-electron chi connectivity index (χ3n) is 3.48. The molecule has 0 saturated carbocycles. The zero-order chi connectivity index (χ0) is 15.8. The molecule has 0 aromatic heterocycles. The van der Waals surface area contributed by atoms with Gasteiger partial charge in [-0.1, -0.05) is 26.3 Å². The first-order valence-corrected chi connectivity index (χ1v) is 7.43. The van der Waals surface area contributed by atoms with Gasteiger partial charge in [0.2, 0.25) is 11.8 Å². The maximum absolute atomic E-state index is 12.2. The Kier molecular flexibility index (Phi) is 6.88. The highest BCUT2D eigenvalue weighted by Crippen LogP contribution is 2.24. The van der Waals surface area contributed by atoms with Crippen molar-refractivity contribution >= 4 is 23.2 Å². The lowest BCUT2D eigenvalue weighted by molar-refractivity contribution is -0.119. The lowest BCUT2D eigenvalue weighted by Crippen LogP contribution is -2.29. The van der Waals surface area contributed by atoms with Gasteiger partial charge in [-0.25, -0.2) is 0 Å². The summed E-state index contributed by atoms with van der Waals surface area (Å²) < 4.78 is 0. The molecule has 0 saturated heterocycles. The number of nitrogens with two attached hydrogens (primary N) is 1. The molecule has 1 unspecified atom stereocenters. The molecule has 116 valence electrons. The van der Waals surface area contributed by atoms with Crippen molar-refractivity contribution < 1.29 is 9.59 Å². The van der Waals surface area contributed by atoms with Crippen LogP contribution in [0, 0.1) is 12.8 Å². The quantitative estimate of drug-likeness (QED) is 0.722. The monoisotopic (exact) mass is 291 g/mol. The minimum Gasteiger partial charge on any atom is -0.330 e. The van der Waals surface area contributed by atoms with Crippen molar-refractivity contribution in [2.24, 2.45) is 11.7 Å². The predicted octanol–water partition coefficient (Wildman–Crippen LogP) is 2.66. The number of benzene rings is 1. The molecule has 0 aliphatic carbocycles. The summed E-state index contributed by atoms with van der Waals surface area (Å²) in [6.07, 6.45) is 2.11. The van der Waals surface area contributed by atoms with E-state index >= 15 is 0 Å². The molecule has 5 nitrogen and oxygen atoms in total. The van der Waals surface area contributed by atoms with E-state index in [0.29, 0.717) is 18.7 Å². The molecule has 4 N–H and O–H groups in total. The fourth-order valence-electron chi connectivity index (χ4n) is 2.08. The average Bonchev–Trinajstić information content (AvgIpc) is 2.48. The van der Waals surface area contributed by atoms with Crippen molar-refractivity contribution in [2.45, 2.75) is 40.0 Å².